The summed E-state index contributed by atoms with van der Waals surface area (Å²) in [5.41, 5.74) is 2.05. The predicted octanol–water partition coefficient (Wildman–Crippen LogP) is 2.87. The van der Waals surface area contributed by atoms with Crippen LogP contribution in [0.15, 0.2) is 47.4 Å². The number of nitrogens with two attached hydrogens (primary N) is 1. The summed E-state index contributed by atoms with van der Waals surface area (Å²) in [5.74, 6) is 0.193. The Labute approximate surface area is 123 Å². The van der Waals surface area contributed by atoms with Crippen LogP contribution in [-0.4, -0.2) is 8.42 Å². The van der Waals surface area contributed by atoms with Gasteiger partial charge in [-0.2, -0.15) is 0 Å². The number of primary sulfonamides is 1. The smallest absolute Gasteiger partial charge is 0.241 e. The zero-order chi connectivity index (χ0) is 14.8. The van der Waals surface area contributed by atoms with Crippen molar-refractivity contribution in [2.45, 2.75) is 18.4 Å². The van der Waals surface area contributed by atoms with Crippen molar-refractivity contribution in [1.29, 1.82) is 0 Å². The molecule has 2 rings (SSSR count). The molecule has 0 aliphatic heterocycles. The fraction of sp³-hybridized carbons (Fsp3) is 0.143. The van der Waals surface area contributed by atoms with Crippen LogP contribution in [0.5, 0.6) is 5.75 Å². The number of sulfonamides is 1. The molecule has 4 nitrogen and oxygen atoms in total. The van der Waals surface area contributed by atoms with Crippen molar-refractivity contribution in [3.05, 3.63) is 58.6 Å². The quantitative estimate of drug-likeness (QED) is 0.944. The molecule has 6 heteroatoms. The van der Waals surface area contributed by atoms with Gasteiger partial charge in [-0.15, -0.1) is 0 Å². The van der Waals surface area contributed by atoms with Gasteiger partial charge < -0.3 is 4.74 Å². The molecule has 0 spiro atoms. The maximum absolute atomic E-state index is 11.5. The molecule has 2 N–H and O–H groups in total. The summed E-state index contributed by atoms with van der Waals surface area (Å²) < 4.78 is 28.6. The third kappa shape index (κ3) is 3.72. The molecule has 0 saturated heterocycles. The molecule has 2 aromatic carbocycles. The van der Waals surface area contributed by atoms with Crippen LogP contribution in [0.25, 0.3) is 0 Å². The molecule has 106 valence electrons. The minimum Gasteiger partial charge on any atom is -0.487 e. The summed E-state index contributed by atoms with van der Waals surface area (Å²) in [6.45, 7) is 2.23. The maximum Gasteiger partial charge on any atom is 0.241 e. The summed E-state index contributed by atoms with van der Waals surface area (Å²) in [6, 6.07) is 12.1. The van der Waals surface area contributed by atoms with Gasteiger partial charge in [-0.3, -0.25) is 0 Å². The fourth-order valence-corrected chi connectivity index (χ4v) is 2.72. The van der Waals surface area contributed by atoms with Crippen LogP contribution < -0.4 is 9.88 Å². The van der Waals surface area contributed by atoms with Crippen LogP contribution >= 0.6 is 11.6 Å². The Bertz CT molecular complexity index is 729. The Morgan fingerprint density at radius 1 is 1.20 bits per heavy atom. The second-order valence-corrected chi connectivity index (χ2v) is 6.38. The van der Waals surface area contributed by atoms with Crippen LogP contribution in [0.1, 0.15) is 11.1 Å². The molecule has 0 radical (unpaired) electrons. The molecule has 0 heterocycles. The summed E-state index contributed by atoms with van der Waals surface area (Å²) in [5, 5.41) is 5.44. The molecule has 0 aromatic heterocycles. The molecular weight excluding hydrogens is 298 g/mol. The van der Waals surface area contributed by atoms with Crippen molar-refractivity contribution in [1.82, 2.24) is 0 Å². The van der Waals surface area contributed by atoms with E-state index in [0.29, 0.717) is 0 Å². The van der Waals surface area contributed by atoms with E-state index in [1.165, 1.54) is 12.1 Å². The highest BCUT2D eigenvalue weighted by molar-refractivity contribution is 7.89. The topological polar surface area (TPSA) is 69.4 Å². The lowest BCUT2D eigenvalue weighted by atomic mass is 10.1. The zero-order valence-electron chi connectivity index (χ0n) is 10.8. The number of benzene rings is 2. The minimum absolute atomic E-state index is 0.113. The number of hydrogen-bond donors (Lipinski definition) is 1. The van der Waals surface area contributed by atoms with E-state index in [1.54, 1.807) is 6.07 Å². The average Bonchev–Trinajstić information content (AvgIpc) is 2.36. The Hall–Kier alpha value is -1.56. The first-order chi connectivity index (χ1) is 9.36. The highest BCUT2D eigenvalue weighted by Gasteiger charge is 2.16. The summed E-state index contributed by atoms with van der Waals surface area (Å²) >= 11 is 5.79. The van der Waals surface area contributed by atoms with E-state index in [0.717, 1.165) is 11.1 Å². The number of halogens is 1. The zero-order valence-corrected chi connectivity index (χ0v) is 12.4. The third-order valence-corrected chi connectivity index (χ3v) is 3.86. The van der Waals surface area contributed by atoms with Gasteiger partial charge >= 0.3 is 0 Å². The highest BCUT2D eigenvalue weighted by atomic mass is 35.5. The van der Waals surface area contributed by atoms with E-state index >= 15 is 0 Å². The van der Waals surface area contributed by atoms with Gasteiger partial charge in [0.25, 0.3) is 0 Å². The lowest BCUT2D eigenvalue weighted by molar-refractivity contribution is 0.298. The maximum atomic E-state index is 11.5. The monoisotopic (exact) mass is 311 g/mol. The third-order valence-electron chi connectivity index (χ3n) is 2.69. The lowest BCUT2D eigenvalue weighted by Crippen LogP contribution is -2.14. The van der Waals surface area contributed by atoms with Crippen molar-refractivity contribution in [2.75, 3.05) is 0 Å². The van der Waals surface area contributed by atoms with Gasteiger partial charge in [-0.05, 0) is 30.7 Å². The SMILES string of the molecule is Cc1cccc(COc2ccc(Cl)cc2S(N)(=O)=O)c1. The van der Waals surface area contributed by atoms with Crippen molar-refractivity contribution < 1.29 is 13.2 Å². The van der Waals surface area contributed by atoms with E-state index in [1.807, 2.05) is 31.2 Å². The van der Waals surface area contributed by atoms with Gasteiger partial charge in [-0.1, -0.05) is 41.4 Å². The number of ether oxygens (including phenoxy) is 1. The van der Waals surface area contributed by atoms with Gasteiger partial charge in [-0.25, -0.2) is 13.6 Å². The van der Waals surface area contributed by atoms with Crippen molar-refractivity contribution in [2.24, 2.45) is 5.14 Å². The van der Waals surface area contributed by atoms with E-state index in [4.69, 9.17) is 21.5 Å². The largest absolute Gasteiger partial charge is 0.487 e. The van der Waals surface area contributed by atoms with E-state index in [2.05, 4.69) is 0 Å². The standard InChI is InChI=1S/C14H14ClNO3S/c1-10-3-2-4-11(7-10)9-19-13-6-5-12(15)8-14(13)20(16,17)18/h2-8H,9H2,1H3,(H2,16,17,18). The van der Waals surface area contributed by atoms with Gasteiger partial charge in [0.05, 0.1) is 0 Å². The molecule has 0 bridgehead atoms. The number of hydrogen-bond acceptors (Lipinski definition) is 3. The molecule has 0 aliphatic carbocycles. The molecule has 0 aliphatic rings. The Morgan fingerprint density at radius 3 is 2.60 bits per heavy atom. The average molecular weight is 312 g/mol. The molecule has 0 unspecified atom stereocenters. The van der Waals surface area contributed by atoms with Crippen LogP contribution in [0.2, 0.25) is 5.02 Å². The first-order valence-corrected chi connectivity index (χ1v) is 7.79. The predicted molar refractivity (Wildman–Crippen MR) is 78.3 cm³/mol. The number of rotatable bonds is 4. The van der Waals surface area contributed by atoms with Gasteiger partial charge in [0.2, 0.25) is 10.0 Å². The van der Waals surface area contributed by atoms with E-state index in [9.17, 15) is 8.42 Å². The molecule has 0 amide bonds. The summed E-state index contributed by atoms with van der Waals surface area (Å²) in [7, 11) is -3.88. The Morgan fingerprint density at radius 2 is 1.95 bits per heavy atom. The Kier molecular flexibility index (Phi) is 4.32. The van der Waals surface area contributed by atoms with Crippen molar-refractivity contribution in [3.8, 4) is 5.75 Å². The van der Waals surface area contributed by atoms with Crippen molar-refractivity contribution >= 4 is 21.6 Å². The normalized spacial score (nSPS) is 11.3. The van der Waals surface area contributed by atoms with Crippen LogP contribution in [-0.2, 0) is 16.6 Å². The molecule has 0 saturated carbocycles. The molecule has 0 fully saturated rings. The van der Waals surface area contributed by atoms with Gasteiger partial charge in [0.15, 0.2) is 0 Å². The summed E-state index contributed by atoms with van der Waals surface area (Å²) in [4.78, 5) is -0.113. The van der Waals surface area contributed by atoms with E-state index < -0.39 is 10.0 Å². The first-order valence-electron chi connectivity index (χ1n) is 5.87. The second-order valence-electron chi connectivity index (χ2n) is 4.41. The summed E-state index contributed by atoms with van der Waals surface area (Å²) in [6.07, 6.45) is 0. The van der Waals surface area contributed by atoms with Gasteiger partial charge in [0, 0.05) is 5.02 Å². The van der Waals surface area contributed by atoms with Crippen molar-refractivity contribution in [3.63, 3.8) is 0 Å². The number of aryl methyl sites for hydroxylation is 1. The lowest BCUT2D eigenvalue weighted by Gasteiger charge is -2.11. The molecule has 20 heavy (non-hydrogen) atoms. The molecular formula is C14H14ClNO3S. The highest BCUT2D eigenvalue weighted by Crippen LogP contribution is 2.27. The van der Waals surface area contributed by atoms with Gasteiger partial charge in [0.1, 0.15) is 17.3 Å². The Balaban J connectivity index is 2.26. The second kappa shape index (κ2) is 5.83. The van der Waals surface area contributed by atoms with E-state index in [-0.39, 0.29) is 22.3 Å². The minimum atomic E-state index is -3.88. The molecule has 2 aromatic rings. The first kappa shape index (κ1) is 14.8. The van der Waals surface area contributed by atoms with Crippen LogP contribution in [0, 0.1) is 6.92 Å². The van der Waals surface area contributed by atoms with Crippen LogP contribution in [0.4, 0.5) is 0 Å². The molecule has 0 atom stereocenters. The van der Waals surface area contributed by atoms with Crippen LogP contribution in [0.3, 0.4) is 0 Å². The fourth-order valence-electron chi connectivity index (χ4n) is 1.79.